The molecule has 0 radical (unpaired) electrons. The number of nitrogens with one attached hydrogen (secondary N) is 1. The molecule has 1 saturated carbocycles. The van der Waals surface area contributed by atoms with Gasteiger partial charge in [0.15, 0.2) is 0 Å². The minimum absolute atomic E-state index is 0.0320. The summed E-state index contributed by atoms with van der Waals surface area (Å²) >= 11 is 0. The summed E-state index contributed by atoms with van der Waals surface area (Å²) in [6.45, 7) is 4.47. The first kappa shape index (κ1) is 21.1. The van der Waals surface area contributed by atoms with Gasteiger partial charge in [-0.1, -0.05) is 6.92 Å². The number of hydrogen-bond donors (Lipinski definition) is 3. The van der Waals surface area contributed by atoms with Crippen molar-refractivity contribution < 1.29 is 14.4 Å². The molecule has 1 unspecified atom stereocenters. The summed E-state index contributed by atoms with van der Waals surface area (Å²) in [6, 6.07) is 1.74. The van der Waals surface area contributed by atoms with Crippen LogP contribution in [0.2, 0.25) is 0 Å². The van der Waals surface area contributed by atoms with Crippen molar-refractivity contribution in [1.82, 2.24) is 9.88 Å². The van der Waals surface area contributed by atoms with E-state index in [2.05, 4.69) is 17.2 Å². The summed E-state index contributed by atoms with van der Waals surface area (Å²) < 4.78 is 0. The molecule has 1 aliphatic carbocycles. The first-order valence-corrected chi connectivity index (χ1v) is 10.4. The molecule has 8 heteroatoms. The number of nitrogens with zero attached hydrogens (tertiary/aromatic N) is 2. The number of primary amides is 1. The fraction of sp³-hybridized carbons (Fsp3) is 0.619. The third kappa shape index (κ3) is 4.86. The highest BCUT2D eigenvalue weighted by Gasteiger charge is 2.39. The molecule has 0 spiro atoms. The monoisotopic (exact) mass is 401 g/mol. The van der Waals surface area contributed by atoms with Gasteiger partial charge in [-0.15, -0.1) is 0 Å². The minimum Gasteiger partial charge on any atom is -0.383 e. The van der Waals surface area contributed by atoms with Gasteiger partial charge < -0.3 is 21.7 Å². The number of anilines is 2. The van der Waals surface area contributed by atoms with Crippen molar-refractivity contribution >= 4 is 29.2 Å². The second-order valence-electron chi connectivity index (χ2n) is 8.60. The Balaban J connectivity index is 1.69. The van der Waals surface area contributed by atoms with Crippen molar-refractivity contribution in [3.63, 3.8) is 0 Å². The van der Waals surface area contributed by atoms with Crippen molar-refractivity contribution in [3.8, 4) is 0 Å². The summed E-state index contributed by atoms with van der Waals surface area (Å²) in [7, 11) is 0. The molecule has 2 fully saturated rings. The van der Waals surface area contributed by atoms with Gasteiger partial charge >= 0.3 is 11.8 Å². The van der Waals surface area contributed by atoms with Crippen molar-refractivity contribution in [2.75, 3.05) is 17.6 Å². The molecule has 5 N–H and O–H groups in total. The smallest absolute Gasteiger partial charge is 0.313 e. The Morgan fingerprint density at radius 2 is 1.83 bits per heavy atom. The van der Waals surface area contributed by atoms with Crippen LogP contribution in [0, 0.1) is 24.7 Å². The molecule has 0 bridgehead atoms. The zero-order valence-electron chi connectivity index (χ0n) is 17.2. The summed E-state index contributed by atoms with van der Waals surface area (Å²) in [6.07, 6.45) is 6.61. The maximum absolute atomic E-state index is 13.0. The molecule has 1 aromatic heterocycles. The highest BCUT2D eigenvalue weighted by atomic mass is 16.2. The molecule has 3 amide bonds. The normalized spacial score (nSPS) is 27.3. The van der Waals surface area contributed by atoms with Crippen molar-refractivity contribution in [2.24, 2.45) is 23.5 Å². The van der Waals surface area contributed by atoms with Crippen molar-refractivity contribution in [2.45, 2.75) is 58.4 Å². The largest absolute Gasteiger partial charge is 0.383 e. The van der Waals surface area contributed by atoms with E-state index in [4.69, 9.17) is 11.5 Å². The first-order valence-electron chi connectivity index (χ1n) is 10.4. The second kappa shape index (κ2) is 8.80. The molecule has 1 saturated heterocycles. The number of piperidine rings is 1. The molecule has 2 atom stereocenters. The molecule has 29 heavy (non-hydrogen) atoms. The zero-order chi connectivity index (χ0) is 21.1. The Morgan fingerprint density at radius 3 is 2.45 bits per heavy atom. The minimum atomic E-state index is -0.652. The van der Waals surface area contributed by atoms with E-state index in [9.17, 15) is 14.4 Å². The Labute approximate surface area is 171 Å². The van der Waals surface area contributed by atoms with E-state index >= 15 is 0 Å². The zero-order valence-corrected chi connectivity index (χ0v) is 17.2. The third-order valence-corrected chi connectivity index (χ3v) is 6.41. The number of nitrogen functional groups attached to an aromatic ring is 1. The number of aryl methyl sites for hydroxylation is 1. The van der Waals surface area contributed by atoms with Crippen LogP contribution in [0.15, 0.2) is 12.3 Å². The molecule has 8 nitrogen and oxygen atoms in total. The Bertz CT molecular complexity index is 789. The van der Waals surface area contributed by atoms with Gasteiger partial charge in [-0.3, -0.25) is 14.4 Å². The van der Waals surface area contributed by atoms with E-state index in [1.165, 1.54) is 6.20 Å². The quantitative estimate of drug-likeness (QED) is 0.665. The lowest BCUT2D eigenvalue weighted by molar-refractivity contribution is -0.148. The van der Waals surface area contributed by atoms with Gasteiger partial charge in [-0.25, -0.2) is 4.98 Å². The number of pyridine rings is 1. The van der Waals surface area contributed by atoms with Gasteiger partial charge in [0.25, 0.3) is 0 Å². The summed E-state index contributed by atoms with van der Waals surface area (Å²) in [5.41, 5.74) is 12.4. The van der Waals surface area contributed by atoms with Crippen molar-refractivity contribution in [1.29, 1.82) is 0 Å². The van der Waals surface area contributed by atoms with Crippen molar-refractivity contribution in [3.05, 3.63) is 17.8 Å². The molecule has 1 aromatic rings. The molecular formula is C21H31N5O3. The number of hydrogen-bond acceptors (Lipinski definition) is 5. The lowest BCUT2D eigenvalue weighted by atomic mass is 9.75. The maximum atomic E-state index is 13.0. The molecule has 158 valence electrons. The topological polar surface area (TPSA) is 131 Å². The molecule has 0 aromatic carbocycles. The molecule has 2 aliphatic rings. The van der Waals surface area contributed by atoms with Crippen LogP contribution < -0.4 is 16.8 Å². The van der Waals surface area contributed by atoms with Gasteiger partial charge in [0.1, 0.15) is 5.82 Å². The van der Waals surface area contributed by atoms with Crippen LogP contribution in [0.25, 0.3) is 0 Å². The number of amides is 3. The Morgan fingerprint density at radius 1 is 1.14 bits per heavy atom. The van der Waals surface area contributed by atoms with Gasteiger partial charge in [0.05, 0.1) is 11.9 Å². The average molecular weight is 402 g/mol. The fourth-order valence-electron chi connectivity index (χ4n) is 4.65. The van der Waals surface area contributed by atoms with E-state index in [1.54, 1.807) is 17.9 Å². The number of likely N-dealkylation sites (tertiary alicyclic amines) is 1. The molecular weight excluding hydrogens is 370 g/mol. The van der Waals surface area contributed by atoms with Crippen LogP contribution >= 0.6 is 0 Å². The SMILES string of the molecule is Cc1cc(NC(=O)C(=O)N2C[C@H](C)CCC2C2CCC(C(N)=O)CC2)cnc1N. The number of nitrogens with two attached hydrogens (primary N) is 2. The van der Waals surface area contributed by atoms with E-state index in [1.807, 2.05) is 0 Å². The van der Waals surface area contributed by atoms with E-state index in [-0.39, 0.29) is 17.9 Å². The highest BCUT2D eigenvalue weighted by Crippen LogP contribution is 2.37. The number of rotatable bonds is 3. The Hall–Kier alpha value is -2.64. The first-order chi connectivity index (χ1) is 13.8. The standard InChI is InChI=1S/C21H31N5O3/c1-12-3-8-17(14-4-6-15(7-5-14)19(23)27)26(11-12)21(29)20(28)25-16-9-13(2)18(22)24-10-16/h9-10,12,14-15,17H,3-8,11H2,1-2H3,(H2,22,24)(H2,23,27)(H,25,28)/t12-,14?,15?,17?/m1/s1. The van der Waals surface area contributed by atoms with Gasteiger partial charge in [0.2, 0.25) is 5.91 Å². The van der Waals surface area contributed by atoms with Crippen LogP contribution in [0.3, 0.4) is 0 Å². The fourth-order valence-corrected chi connectivity index (χ4v) is 4.65. The lowest BCUT2D eigenvalue weighted by Gasteiger charge is -2.44. The van der Waals surface area contributed by atoms with E-state index < -0.39 is 11.8 Å². The number of carbonyl (C=O) groups excluding carboxylic acids is 3. The predicted molar refractivity (Wildman–Crippen MR) is 111 cm³/mol. The second-order valence-corrected chi connectivity index (χ2v) is 8.60. The molecule has 3 rings (SSSR count). The van der Waals surface area contributed by atoms with Crippen LogP contribution in [-0.4, -0.2) is 40.2 Å². The average Bonchev–Trinajstić information content (AvgIpc) is 2.70. The van der Waals surface area contributed by atoms with Gasteiger partial charge in [-0.2, -0.15) is 0 Å². The number of carbonyl (C=O) groups is 3. The summed E-state index contributed by atoms with van der Waals surface area (Å²) in [5, 5.41) is 2.66. The lowest BCUT2D eigenvalue weighted by Crippen LogP contribution is -2.53. The number of aromatic nitrogens is 1. The highest BCUT2D eigenvalue weighted by molar-refractivity contribution is 6.39. The van der Waals surface area contributed by atoms with Gasteiger partial charge in [0, 0.05) is 18.5 Å². The van der Waals surface area contributed by atoms with Crippen LogP contribution in [0.5, 0.6) is 0 Å². The molecule has 1 aliphatic heterocycles. The van der Waals surface area contributed by atoms with Crippen LogP contribution in [-0.2, 0) is 14.4 Å². The van der Waals surface area contributed by atoms with Crippen LogP contribution in [0.1, 0.15) is 51.0 Å². The third-order valence-electron chi connectivity index (χ3n) is 6.41. The Kier molecular flexibility index (Phi) is 6.39. The molecule has 2 heterocycles. The summed E-state index contributed by atoms with van der Waals surface area (Å²) in [4.78, 5) is 42.9. The maximum Gasteiger partial charge on any atom is 0.313 e. The van der Waals surface area contributed by atoms with E-state index in [0.717, 1.165) is 44.1 Å². The summed E-state index contributed by atoms with van der Waals surface area (Å²) in [5.74, 6) is -0.414. The van der Waals surface area contributed by atoms with E-state index in [0.29, 0.717) is 29.9 Å². The predicted octanol–water partition coefficient (Wildman–Crippen LogP) is 1.83. The van der Waals surface area contributed by atoms with Crippen LogP contribution in [0.4, 0.5) is 11.5 Å². The van der Waals surface area contributed by atoms with Gasteiger partial charge in [-0.05, 0) is 68.9 Å².